The summed E-state index contributed by atoms with van der Waals surface area (Å²) in [6, 6.07) is 9.74. The molecule has 1 aromatic carbocycles. The second-order valence-corrected chi connectivity index (χ2v) is 4.69. The first kappa shape index (κ1) is 12.6. The zero-order chi connectivity index (χ0) is 13.0. The predicted molar refractivity (Wildman–Crippen MR) is 65.5 cm³/mol. The largest absolute Gasteiger partial charge is 0.462 e. The SMILES string of the molecule is O=C1CC[N+](Cc2ccccc2)(NC(=O)O)CC1. The molecule has 0 bridgehead atoms. The average Bonchev–Trinajstić information content (AvgIpc) is 2.34. The Morgan fingerprint density at radius 3 is 2.39 bits per heavy atom. The molecule has 1 fully saturated rings. The standard InChI is InChI=1S/C13H16N2O3/c16-12-6-8-15(9-7-12,14-13(17)18)10-11-4-2-1-3-5-11/h1-5,14H,6-10H2/p+1. The molecule has 5 heteroatoms. The van der Waals surface area contributed by atoms with Crippen LogP contribution in [0, 0.1) is 0 Å². The molecule has 18 heavy (non-hydrogen) atoms. The highest BCUT2D eigenvalue weighted by molar-refractivity contribution is 5.79. The minimum atomic E-state index is -1.04. The highest BCUT2D eigenvalue weighted by Crippen LogP contribution is 2.18. The van der Waals surface area contributed by atoms with Crippen molar-refractivity contribution in [3.8, 4) is 0 Å². The van der Waals surface area contributed by atoms with Crippen LogP contribution >= 0.6 is 0 Å². The number of carbonyl (C=O) groups is 2. The van der Waals surface area contributed by atoms with Gasteiger partial charge in [0.1, 0.15) is 25.4 Å². The number of quaternary nitrogens is 1. The molecule has 1 amide bonds. The van der Waals surface area contributed by atoms with Crippen LogP contribution in [0.25, 0.3) is 0 Å². The lowest BCUT2D eigenvalue weighted by atomic mass is 10.1. The van der Waals surface area contributed by atoms with Crippen molar-refractivity contribution >= 4 is 11.9 Å². The van der Waals surface area contributed by atoms with Crippen molar-refractivity contribution in [2.75, 3.05) is 13.1 Å². The smallest absolute Gasteiger partial charge is 0.449 e. The van der Waals surface area contributed by atoms with Gasteiger partial charge in [-0.3, -0.25) is 4.79 Å². The normalized spacial score (nSPS) is 18.3. The van der Waals surface area contributed by atoms with E-state index in [4.69, 9.17) is 5.11 Å². The summed E-state index contributed by atoms with van der Waals surface area (Å²) in [5.74, 6) is 0.212. The Bertz CT molecular complexity index is 435. The quantitative estimate of drug-likeness (QED) is 0.799. The molecule has 0 radical (unpaired) electrons. The number of hydrogen-bond acceptors (Lipinski definition) is 2. The fourth-order valence-electron chi connectivity index (χ4n) is 2.36. The van der Waals surface area contributed by atoms with Crippen molar-refractivity contribution in [1.82, 2.24) is 5.43 Å². The van der Waals surface area contributed by atoms with Gasteiger partial charge in [0.15, 0.2) is 0 Å². The highest BCUT2D eigenvalue weighted by Gasteiger charge is 2.35. The van der Waals surface area contributed by atoms with Crippen LogP contribution in [0.3, 0.4) is 0 Å². The van der Waals surface area contributed by atoms with E-state index in [1.807, 2.05) is 30.3 Å². The highest BCUT2D eigenvalue weighted by atomic mass is 16.4. The van der Waals surface area contributed by atoms with Gasteiger partial charge in [-0.1, -0.05) is 30.3 Å². The molecular formula is C13H17N2O3+. The fraction of sp³-hybridized carbons (Fsp3) is 0.385. The van der Waals surface area contributed by atoms with Gasteiger partial charge in [-0.05, 0) is 0 Å². The van der Waals surface area contributed by atoms with Crippen molar-refractivity contribution in [2.24, 2.45) is 0 Å². The number of nitrogens with zero attached hydrogens (tertiary/aromatic N) is 1. The van der Waals surface area contributed by atoms with Crippen LogP contribution in [0.2, 0.25) is 0 Å². The van der Waals surface area contributed by atoms with Gasteiger partial charge in [-0.15, -0.1) is 0 Å². The molecule has 1 heterocycles. The maximum absolute atomic E-state index is 11.3. The summed E-state index contributed by atoms with van der Waals surface area (Å²) >= 11 is 0. The molecule has 5 nitrogen and oxygen atoms in total. The number of piperidine rings is 1. The van der Waals surface area contributed by atoms with Gasteiger partial charge in [-0.25, -0.2) is 9.39 Å². The van der Waals surface area contributed by atoms with Crippen LogP contribution in [0.1, 0.15) is 18.4 Å². The third-order valence-electron chi connectivity index (χ3n) is 3.30. The number of ketones is 1. The molecule has 0 saturated carbocycles. The van der Waals surface area contributed by atoms with Crippen molar-refractivity contribution in [3.05, 3.63) is 35.9 Å². The van der Waals surface area contributed by atoms with Gasteiger partial charge in [0.05, 0.1) is 12.8 Å². The molecule has 1 saturated heterocycles. The summed E-state index contributed by atoms with van der Waals surface area (Å²) in [5.41, 5.74) is 3.64. The number of Topliss-reactive ketones (excluding diaryl/α,β-unsaturated/α-hetero) is 1. The van der Waals surface area contributed by atoms with Gasteiger partial charge in [0.25, 0.3) is 0 Å². The Balaban J connectivity index is 2.15. The van der Waals surface area contributed by atoms with Gasteiger partial charge in [0, 0.05) is 5.56 Å². The summed E-state index contributed by atoms with van der Waals surface area (Å²) in [4.78, 5) is 22.2. The topological polar surface area (TPSA) is 66.4 Å². The molecule has 2 rings (SSSR count). The van der Waals surface area contributed by atoms with E-state index in [0.717, 1.165) is 5.56 Å². The molecule has 1 aliphatic rings. The predicted octanol–water partition coefficient (Wildman–Crippen LogP) is 1.55. The van der Waals surface area contributed by atoms with E-state index in [1.54, 1.807) is 0 Å². The number of carboxylic acid groups (broad SMARTS) is 1. The van der Waals surface area contributed by atoms with E-state index in [1.165, 1.54) is 0 Å². The van der Waals surface area contributed by atoms with Crippen molar-refractivity contribution in [3.63, 3.8) is 0 Å². The first-order chi connectivity index (χ1) is 8.60. The average molecular weight is 249 g/mol. The van der Waals surface area contributed by atoms with Crippen molar-refractivity contribution in [1.29, 1.82) is 0 Å². The minimum absolute atomic E-state index is 0.212. The van der Waals surface area contributed by atoms with E-state index in [2.05, 4.69) is 5.43 Å². The Hall–Kier alpha value is -1.88. The number of carbonyl (C=O) groups excluding carboxylic acids is 1. The van der Waals surface area contributed by atoms with E-state index >= 15 is 0 Å². The lowest BCUT2D eigenvalue weighted by molar-refractivity contribution is -0.975. The summed E-state index contributed by atoms with van der Waals surface area (Å²) in [7, 11) is 0. The lowest BCUT2D eigenvalue weighted by Crippen LogP contribution is -2.62. The monoisotopic (exact) mass is 249 g/mol. The van der Waals surface area contributed by atoms with E-state index in [-0.39, 0.29) is 10.4 Å². The van der Waals surface area contributed by atoms with Gasteiger partial charge < -0.3 is 5.11 Å². The van der Waals surface area contributed by atoms with Crippen LogP contribution in [0.4, 0.5) is 4.79 Å². The van der Waals surface area contributed by atoms with E-state index in [9.17, 15) is 9.59 Å². The van der Waals surface area contributed by atoms with Gasteiger partial charge in [0.2, 0.25) is 0 Å². The summed E-state index contributed by atoms with van der Waals surface area (Å²) in [6.45, 7) is 1.64. The molecule has 0 spiro atoms. The Morgan fingerprint density at radius 2 is 1.83 bits per heavy atom. The third kappa shape index (κ3) is 3.07. The molecule has 96 valence electrons. The maximum atomic E-state index is 11.3. The second-order valence-electron chi connectivity index (χ2n) is 4.69. The Labute approximate surface area is 106 Å². The molecule has 2 N–H and O–H groups in total. The van der Waals surface area contributed by atoms with Crippen molar-refractivity contribution in [2.45, 2.75) is 19.4 Å². The molecule has 1 aliphatic heterocycles. The number of benzene rings is 1. The third-order valence-corrected chi connectivity index (χ3v) is 3.30. The molecule has 0 aliphatic carbocycles. The number of amides is 1. The van der Waals surface area contributed by atoms with Crippen LogP contribution in [0.5, 0.6) is 0 Å². The van der Waals surface area contributed by atoms with E-state index < -0.39 is 6.09 Å². The molecular weight excluding hydrogens is 232 g/mol. The first-order valence-corrected chi connectivity index (χ1v) is 6.03. The summed E-state index contributed by atoms with van der Waals surface area (Å²) in [5, 5.41) is 8.96. The van der Waals surface area contributed by atoms with Gasteiger partial charge in [-0.2, -0.15) is 5.43 Å². The molecule has 0 atom stereocenters. The number of nitrogens with one attached hydrogen (secondary N) is 1. The van der Waals surface area contributed by atoms with Crippen molar-refractivity contribution < 1.29 is 19.3 Å². The van der Waals surface area contributed by atoms with Gasteiger partial charge >= 0.3 is 6.09 Å². The number of rotatable bonds is 3. The fourth-order valence-corrected chi connectivity index (χ4v) is 2.36. The van der Waals surface area contributed by atoms with E-state index in [0.29, 0.717) is 32.5 Å². The summed E-state index contributed by atoms with van der Waals surface area (Å²) in [6.07, 6.45) is -0.166. The lowest BCUT2D eigenvalue weighted by Gasteiger charge is -2.38. The molecule has 0 unspecified atom stereocenters. The summed E-state index contributed by atoms with van der Waals surface area (Å²) < 4.78 is 0.241. The maximum Gasteiger partial charge on any atom is 0.449 e. The first-order valence-electron chi connectivity index (χ1n) is 6.03. The molecule has 0 aromatic heterocycles. The zero-order valence-electron chi connectivity index (χ0n) is 10.1. The zero-order valence-corrected chi connectivity index (χ0v) is 10.1. The molecule has 1 aromatic rings. The van der Waals surface area contributed by atoms with Crippen LogP contribution in [-0.4, -0.2) is 34.7 Å². The minimum Gasteiger partial charge on any atom is -0.462 e. The van der Waals surface area contributed by atoms with Crippen LogP contribution in [-0.2, 0) is 11.3 Å². The van der Waals surface area contributed by atoms with Crippen LogP contribution in [0.15, 0.2) is 30.3 Å². The Morgan fingerprint density at radius 1 is 1.22 bits per heavy atom. The Kier molecular flexibility index (Phi) is 3.62. The number of hydrogen-bond donors (Lipinski definition) is 2. The number of likely N-dealkylation sites (tertiary alicyclic amines) is 1. The second kappa shape index (κ2) is 5.18. The van der Waals surface area contributed by atoms with Crippen LogP contribution < -0.4 is 5.43 Å².